The molecule has 0 saturated carbocycles. The fourth-order valence-electron chi connectivity index (χ4n) is 12.1. The number of carbonyl (C=O) groups is 6. The van der Waals surface area contributed by atoms with Crippen LogP contribution in [0.1, 0.15) is 367 Å². The van der Waals surface area contributed by atoms with E-state index in [2.05, 4.69) is 383 Å². The van der Waals surface area contributed by atoms with E-state index >= 15 is 0 Å². The van der Waals surface area contributed by atoms with Crippen LogP contribution in [0.4, 0.5) is 0 Å². The zero-order valence-corrected chi connectivity index (χ0v) is 102. The molecule has 0 aromatic heterocycles. The molecular formula is C133H214O12Si. The van der Waals surface area contributed by atoms with E-state index in [1.807, 2.05) is 151 Å². The van der Waals surface area contributed by atoms with Crippen molar-refractivity contribution in [3.63, 3.8) is 0 Å². The van der Waals surface area contributed by atoms with Gasteiger partial charge in [0.05, 0.1) is 51.4 Å². The number of esters is 5. The van der Waals surface area contributed by atoms with E-state index in [-0.39, 0.29) is 93.5 Å². The summed E-state index contributed by atoms with van der Waals surface area (Å²) in [5.74, 6) is 5.90. The molecule has 0 atom stereocenters. The molecule has 0 radical (unpaired) electrons. The number of allylic oxidation sites excluding steroid dienone is 1. The molecular weight excluding hydrogens is 1820 g/mol. The maximum absolute atomic E-state index is 11.7. The van der Waals surface area contributed by atoms with E-state index < -0.39 is 8.07 Å². The van der Waals surface area contributed by atoms with Crippen LogP contribution in [-0.4, -0.2) is 76.2 Å². The molecule has 0 fully saturated rings. The summed E-state index contributed by atoms with van der Waals surface area (Å²) in [7, 11) is 0.710. The highest BCUT2D eigenvalue weighted by Crippen LogP contribution is 2.47. The average Bonchev–Trinajstić information content (AvgIpc) is 0.987. The number of ether oxygens (including phenoxy) is 6. The van der Waals surface area contributed by atoms with Crippen molar-refractivity contribution in [1.29, 1.82) is 0 Å². The summed E-state index contributed by atoms with van der Waals surface area (Å²) in [6.07, 6.45) is 9.21. The van der Waals surface area contributed by atoms with Gasteiger partial charge in [-0.05, 0) is 178 Å². The van der Waals surface area contributed by atoms with Gasteiger partial charge in [-0.25, -0.2) is 0 Å². The highest BCUT2D eigenvalue weighted by molar-refractivity contribution is 6.81. The van der Waals surface area contributed by atoms with Crippen LogP contribution in [0.15, 0.2) is 250 Å². The Labute approximate surface area is 898 Å². The van der Waals surface area contributed by atoms with Crippen LogP contribution in [0, 0.1) is 87.8 Å². The largest absolute Gasteiger partial charge is 0.497 e. The van der Waals surface area contributed by atoms with Crippen molar-refractivity contribution in [1.82, 2.24) is 0 Å². The van der Waals surface area contributed by atoms with E-state index in [0.717, 1.165) is 71.6 Å². The molecule has 0 saturated heterocycles. The molecule has 0 unspecified atom stereocenters. The first-order valence-corrected chi connectivity index (χ1v) is 57.3. The van der Waals surface area contributed by atoms with E-state index in [9.17, 15) is 28.8 Å². The van der Waals surface area contributed by atoms with E-state index in [1.54, 1.807) is 34.0 Å². The molecule has 13 heteroatoms. The zero-order chi connectivity index (χ0) is 114. The molecule has 0 spiro atoms. The predicted molar refractivity (Wildman–Crippen MR) is 635 cm³/mol. The molecule has 8 aromatic rings. The Morgan fingerprint density at radius 1 is 0.370 bits per heavy atom. The van der Waals surface area contributed by atoms with Gasteiger partial charge in [0.1, 0.15) is 37.0 Å². The molecule has 0 amide bonds. The summed E-state index contributed by atoms with van der Waals surface area (Å²) in [5.41, 5.74) is 14.1. The van der Waals surface area contributed by atoms with Crippen LogP contribution in [0.2, 0.25) is 23.7 Å². The van der Waals surface area contributed by atoms with Crippen LogP contribution in [0.3, 0.4) is 0 Å². The summed E-state index contributed by atoms with van der Waals surface area (Å²) in [5, 5.41) is 0.557. The molecule has 0 bridgehead atoms. The van der Waals surface area contributed by atoms with Crippen LogP contribution >= 0.6 is 0 Å². The number of Topliss-reactive ketones (excluding diaryl/α,β-unsaturated/α-hetero) is 1. The smallest absolute Gasteiger partial charge is 0.308 e. The first kappa shape index (κ1) is 145. The number of benzene rings is 8. The predicted octanol–water partition coefficient (Wildman–Crippen LogP) is 37.6. The quantitative estimate of drug-likeness (QED) is 0.0158. The molecule has 12 nitrogen and oxygen atoms in total. The second-order valence-corrected chi connectivity index (χ2v) is 53.7. The maximum Gasteiger partial charge on any atom is 0.308 e. The van der Waals surface area contributed by atoms with Crippen molar-refractivity contribution in [3.8, 4) is 16.9 Å². The minimum absolute atomic E-state index is 0.00929. The minimum Gasteiger partial charge on any atom is -0.497 e. The highest BCUT2D eigenvalue weighted by atomic mass is 28.3. The molecule has 9 rings (SSSR count). The van der Waals surface area contributed by atoms with Gasteiger partial charge in [-0.3, -0.25) is 28.8 Å². The lowest BCUT2D eigenvalue weighted by Crippen LogP contribution is -2.39. The normalized spacial score (nSPS) is 11.3. The molecule has 1 aliphatic carbocycles. The molecule has 1 aliphatic rings. The molecule has 0 heterocycles. The van der Waals surface area contributed by atoms with Crippen LogP contribution < -0.4 is 4.74 Å². The van der Waals surface area contributed by atoms with Crippen LogP contribution in [0.25, 0.3) is 11.1 Å². The lowest BCUT2D eigenvalue weighted by molar-refractivity contribution is -0.158. The third-order valence-electron chi connectivity index (χ3n) is 24.0. The fourth-order valence-corrected chi connectivity index (χ4v) is 13.9. The standard InChI is InChI=1S/C22H22.C18H18O2.C11H14O2.C11H16O.C10H20O2.C10H14.C9H22Si.C8H16O2.C7H12O2.C7H16.C6H12.C5H10O.C5H12.C4H10/c1-18(2)22(19-12-6-3-7-13-19,20-14-8-4-9-15-20)21-16-10-5-11-17-21;1-12(2)18(19)20-11-17-15-9-5-3-7-13(15)14-8-4-6-10-16(14)17;1-9(2)11(12)13-8-10-6-4-3-5-7-10;1-9(2)8-10-4-6-11(12-3)7-5-10;1-8(2)9(11)12-7-6-10(3,4)5;1-9(2)8-10-6-4-3-5-7-10;1-8(2)10(6,7)9(3,4)5;1-6(2)7(9)10-8(3,4)5;1-4-5-9-7(8)6(2)3;1-6(2)7(3,4)5;1-4-5-6(2)3;1-4(2)5(3)6;1-4-5(2)3;1-4(2)3/h3-18H,1-2H3;3-10,12,17H,11H2,1-2H3;3-7,9H,8H2,1-2H3;4-7,9H,8H2,1-3H3;8H,6-7H2,1-5H3;3-7,9H,8H2,1-2H3;8H,1-7H3;6H,1-5H3;4,6H,1,5H2,2-3H3;6H,1-5H3;4,6H,1,5H2,2-3H3;4H,1-3H3;5H,4H2,1-3H3;4H,1-3H3. The number of carbonyl (C=O) groups excluding carboxylic acids is 6. The first-order valence-electron chi connectivity index (χ1n) is 54.2. The Hall–Kier alpha value is -9.72. The van der Waals surface area contributed by atoms with Gasteiger partial charge in [0.2, 0.25) is 0 Å². The number of fused-ring (bicyclic) bond motifs is 3. The van der Waals surface area contributed by atoms with Crippen LogP contribution in [0.5, 0.6) is 5.75 Å². The molecule has 822 valence electrons. The number of hydrogen-bond donors (Lipinski definition) is 0. The Bertz CT molecular complexity index is 4490. The summed E-state index contributed by atoms with van der Waals surface area (Å²) in [6.45, 7) is 104. The first-order chi connectivity index (χ1) is 67.5. The SMILES string of the molecule is C=CCC(C)C.C=CCOC(=O)C(C)C.CC(=O)C(C)C.CC(C)C.CC(C)C(=O)OC(C)(C)C.CC(C)C(=O)OCC1c2ccccc2-c2ccccc21.CC(C)C(=O)OCCC(C)(C)C.CC(C)C(=O)OCc1ccccc1.CC(C)C(C)(C)C.CC(C)C(c1ccccc1)(c1ccccc1)c1ccccc1.CC(C)Cc1ccccc1.CC(C)[Si](C)(C)C(C)(C)C.CCC(C)C.COc1ccc(CC(C)C)cc1. The fraction of sp³-hybridized carbons (Fsp3) is 0.564. The Morgan fingerprint density at radius 3 is 0.925 bits per heavy atom. The van der Waals surface area contributed by atoms with Gasteiger partial charge in [-0.2, -0.15) is 0 Å². The highest BCUT2D eigenvalue weighted by Gasteiger charge is 2.40. The Balaban J connectivity index is -0.000000501. The third-order valence-corrected chi connectivity index (χ3v) is 30.8. The molecule has 0 N–H and O–H groups in total. The summed E-state index contributed by atoms with van der Waals surface area (Å²) in [4.78, 5) is 65.5. The average molecular weight is 2030 g/mol. The number of ketones is 1. The van der Waals surface area contributed by atoms with Gasteiger partial charge in [-0.15, -0.1) is 6.58 Å². The van der Waals surface area contributed by atoms with Gasteiger partial charge >= 0.3 is 29.8 Å². The lowest BCUT2D eigenvalue weighted by Gasteiger charge is -2.40. The topological polar surface area (TPSA) is 158 Å². The van der Waals surface area contributed by atoms with Gasteiger partial charge in [0, 0.05) is 17.3 Å². The van der Waals surface area contributed by atoms with Crippen molar-refractivity contribution < 1.29 is 57.2 Å². The second-order valence-electron chi connectivity index (χ2n) is 47.6. The van der Waals surface area contributed by atoms with Gasteiger partial charge in [-0.1, -0.05) is 526 Å². The van der Waals surface area contributed by atoms with Gasteiger partial charge < -0.3 is 28.4 Å². The van der Waals surface area contributed by atoms with Crippen molar-refractivity contribution in [3.05, 3.63) is 294 Å². The summed E-state index contributed by atoms with van der Waals surface area (Å²) >= 11 is 0. The van der Waals surface area contributed by atoms with Crippen molar-refractivity contribution >= 4 is 43.7 Å². The summed E-state index contributed by atoms with van der Waals surface area (Å²) in [6, 6.07) is 77.9. The van der Waals surface area contributed by atoms with E-state index in [1.165, 1.54) is 62.9 Å². The molecule has 146 heavy (non-hydrogen) atoms. The van der Waals surface area contributed by atoms with Crippen molar-refractivity contribution in [2.75, 3.05) is 26.9 Å². The Morgan fingerprint density at radius 2 is 0.678 bits per heavy atom. The van der Waals surface area contributed by atoms with Gasteiger partial charge in [0.15, 0.2) is 0 Å². The van der Waals surface area contributed by atoms with Crippen molar-refractivity contribution in [2.45, 2.75) is 377 Å². The zero-order valence-electron chi connectivity index (χ0n) is 101. The number of hydrogen-bond acceptors (Lipinski definition) is 12. The minimum atomic E-state index is -0.982. The Kier molecular flexibility index (Phi) is 77.8. The lowest BCUT2D eigenvalue weighted by atomic mass is 9.63. The molecule has 8 aromatic carbocycles. The van der Waals surface area contributed by atoms with Gasteiger partial charge in [0.25, 0.3) is 0 Å². The number of rotatable bonds is 27. The third kappa shape index (κ3) is 70.2. The number of methoxy groups -OCH3 is 1. The summed E-state index contributed by atoms with van der Waals surface area (Å²) < 4.78 is 30.4. The van der Waals surface area contributed by atoms with E-state index in [0.29, 0.717) is 42.8 Å². The monoisotopic (exact) mass is 2030 g/mol. The van der Waals surface area contributed by atoms with Crippen LogP contribution in [-0.2, 0) is 77.3 Å². The second kappa shape index (κ2) is 78.5. The molecule has 0 aliphatic heterocycles. The maximum atomic E-state index is 11.7. The van der Waals surface area contributed by atoms with E-state index in [4.69, 9.17) is 28.4 Å². The van der Waals surface area contributed by atoms with Crippen molar-refractivity contribution in [2.24, 2.45) is 87.8 Å².